The van der Waals surface area contributed by atoms with Crippen molar-refractivity contribution in [1.82, 2.24) is 4.98 Å². The normalized spacial score (nSPS) is 18.1. The maximum absolute atomic E-state index is 12.2. The van der Waals surface area contributed by atoms with Crippen LogP contribution in [-0.2, 0) is 9.47 Å². The first-order valence-electron chi connectivity index (χ1n) is 5.99. The summed E-state index contributed by atoms with van der Waals surface area (Å²) in [5.41, 5.74) is -0.339. The van der Waals surface area contributed by atoms with Gasteiger partial charge in [0.1, 0.15) is 5.60 Å². The van der Waals surface area contributed by atoms with Crippen LogP contribution < -0.4 is 4.90 Å². The predicted molar refractivity (Wildman–Crippen MR) is 75.8 cm³/mol. The molecule has 1 aromatic rings. The third-order valence-corrected chi connectivity index (χ3v) is 3.03. The summed E-state index contributed by atoms with van der Waals surface area (Å²) in [5, 5.41) is 0. The number of carbonyl (C=O) groups is 2. The maximum atomic E-state index is 12.2. The second kappa shape index (κ2) is 5.14. The number of halogens is 1. The number of aromatic nitrogens is 1. The van der Waals surface area contributed by atoms with Gasteiger partial charge in [0.2, 0.25) is 12.0 Å². The molecule has 20 heavy (non-hydrogen) atoms. The van der Waals surface area contributed by atoms with Crippen LogP contribution >= 0.6 is 15.9 Å². The highest BCUT2D eigenvalue weighted by atomic mass is 79.9. The van der Waals surface area contributed by atoms with Crippen molar-refractivity contribution in [3.05, 3.63) is 22.3 Å². The number of hydrogen-bond donors (Lipinski definition) is 0. The number of fused-ring (bicyclic) bond motifs is 1. The molecule has 1 aliphatic rings. The SMILES string of the molecule is CO[C@@H]1C(=O)c2cc(Br)cnc2N1C(=O)OC(C)(C)C. The molecule has 0 saturated heterocycles. The van der Waals surface area contributed by atoms with E-state index in [9.17, 15) is 9.59 Å². The number of Topliss-reactive ketones (excluding diaryl/α,β-unsaturated/α-hetero) is 1. The van der Waals surface area contributed by atoms with Crippen LogP contribution in [0.2, 0.25) is 0 Å². The molecule has 0 radical (unpaired) electrons. The number of methoxy groups -OCH3 is 1. The lowest BCUT2D eigenvalue weighted by Crippen LogP contribution is -2.44. The molecule has 6 nitrogen and oxygen atoms in total. The number of amides is 1. The van der Waals surface area contributed by atoms with Gasteiger partial charge in [-0.2, -0.15) is 0 Å². The van der Waals surface area contributed by atoms with Gasteiger partial charge in [-0.25, -0.2) is 14.7 Å². The fourth-order valence-electron chi connectivity index (χ4n) is 1.87. The van der Waals surface area contributed by atoms with Crippen molar-refractivity contribution in [1.29, 1.82) is 0 Å². The number of hydrogen-bond acceptors (Lipinski definition) is 5. The quantitative estimate of drug-likeness (QED) is 0.784. The Balaban J connectivity index is 2.42. The van der Waals surface area contributed by atoms with Crippen molar-refractivity contribution < 1.29 is 19.1 Å². The molecule has 0 saturated carbocycles. The van der Waals surface area contributed by atoms with E-state index in [-0.39, 0.29) is 11.6 Å². The lowest BCUT2D eigenvalue weighted by molar-refractivity contribution is 0.0381. The molecule has 0 aliphatic carbocycles. The Bertz CT molecular complexity index is 568. The van der Waals surface area contributed by atoms with Crippen molar-refractivity contribution >= 4 is 33.6 Å². The zero-order valence-electron chi connectivity index (χ0n) is 11.6. The molecule has 1 amide bonds. The molecule has 0 N–H and O–H groups in total. The number of carbonyl (C=O) groups excluding carboxylic acids is 2. The standard InChI is InChI=1S/C13H15BrN2O4/c1-13(2,3)20-12(18)16-10-8(5-7(14)6-15-10)9(17)11(16)19-4/h5-6,11H,1-4H3/t11-/m1/s1. The lowest BCUT2D eigenvalue weighted by atomic mass is 10.2. The van der Waals surface area contributed by atoms with Gasteiger partial charge >= 0.3 is 6.09 Å². The van der Waals surface area contributed by atoms with E-state index in [1.165, 1.54) is 13.3 Å². The third kappa shape index (κ3) is 2.69. The molecule has 108 valence electrons. The first kappa shape index (κ1) is 14.9. The van der Waals surface area contributed by atoms with Crippen molar-refractivity contribution in [2.24, 2.45) is 0 Å². The van der Waals surface area contributed by atoms with Gasteiger partial charge in [0.15, 0.2) is 5.82 Å². The van der Waals surface area contributed by atoms with Crippen molar-refractivity contribution in [2.45, 2.75) is 32.6 Å². The summed E-state index contributed by atoms with van der Waals surface area (Å²) in [5.74, 6) is -0.0681. The summed E-state index contributed by atoms with van der Waals surface area (Å²) >= 11 is 3.25. The maximum Gasteiger partial charge on any atom is 0.418 e. The Kier molecular flexibility index (Phi) is 3.84. The van der Waals surface area contributed by atoms with E-state index in [0.29, 0.717) is 10.0 Å². The van der Waals surface area contributed by atoms with Gasteiger partial charge in [-0.15, -0.1) is 0 Å². The summed E-state index contributed by atoms with van der Waals surface area (Å²) in [7, 11) is 1.36. The van der Waals surface area contributed by atoms with Gasteiger partial charge in [-0.3, -0.25) is 4.79 Å². The van der Waals surface area contributed by atoms with Crippen LogP contribution in [0.15, 0.2) is 16.7 Å². The van der Waals surface area contributed by atoms with Crippen LogP contribution in [0, 0.1) is 0 Å². The lowest BCUT2D eigenvalue weighted by Gasteiger charge is -2.26. The minimum Gasteiger partial charge on any atom is -0.443 e. The summed E-state index contributed by atoms with van der Waals surface area (Å²) in [6, 6.07) is 1.61. The van der Waals surface area contributed by atoms with Crippen LogP contribution in [0.3, 0.4) is 0 Å². The van der Waals surface area contributed by atoms with E-state index >= 15 is 0 Å². The molecule has 0 aromatic carbocycles. The molecule has 0 fully saturated rings. The Labute approximate surface area is 125 Å². The van der Waals surface area contributed by atoms with Crippen LogP contribution in [0.25, 0.3) is 0 Å². The number of ketones is 1. The van der Waals surface area contributed by atoms with E-state index in [1.54, 1.807) is 26.8 Å². The fraction of sp³-hybridized carbons (Fsp3) is 0.462. The second-order valence-corrected chi connectivity index (χ2v) is 6.24. The first-order chi connectivity index (χ1) is 9.24. The average molecular weight is 343 g/mol. The molecule has 1 aromatic heterocycles. The Morgan fingerprint density at radius 3 is 2.65 bits per heavy atom. The average Bonchev–Trinajstić information content (AvgIpc) is 2.60. The summed E-state index contributed by atoms with van der Waals surface area (Å²) in [6.07, 6.45) is -0.186. The van der Waals surface area contributed by atoms with Gasteiger partial charge in [-0.05, 0) is 42.8 Å². The molecule has 1 atom stereocenters. The smallest absolute Gasteiger partial charge is 0.418 e. The summed E-state index contributed by atoms with van der Waals surface area (Å²) in [4.78, 5) is 29.7. The van der Waals surface area contributed by atoms with Crippen LogP contribution in [-0.4, -0.2) is 35.8 Å². The molecule has 2 heterocycles. The highest BCUT2D eigenvalue weighted by Crippen LogP contribution is 2.33. The second-order valence-electron chi connectivity index (χ2n) is 5.33. The van der Waals surface area contributed by atoms with Crippen LogP contribution in [0.1, 0.15) is 31.1 Å². The Morgan fingerprint density at radius 2 is 2.10 bits per heavy atom. The third-order valence-electron chi connectivity index (χ3n) is 2.60. The van der Waals surface area contributed by atoms with E-state index < -0.39 is 17.9 Å². The zero-order chi connectivity index (χ0) is 15.1. The van der Waals surface area contributed by atoms with E-state index in [2.05, 4.69) is 20.9 Å². The predicted octanol–water partition coefficient (Wildman–Crippen LogP) is 2.75. The van der Waals surface area contributed by atoms with Crippen molar-refractivity contribution in [3.8, 4) is 0 Å². The van der Waals surface area contributed by atoms with Crippen LogP contribution in [0.4, 0.5) is 10.6 Å². The number of anilines is 1. The molecule has 2 rings (SSSR count). The van der Waals surface area contributed by atoms with Crippen molar-refractivity contribution in [2.75, 3.05) is 12.0 Å². The molecule has 0 spiro atoms. The van der Waals surface area contributed by atoms with Gasteiger partial charge in [-0.1, -0.05) is 0 Å². The highest BCUT2D eigenvalue weighted by molar-refractivity contribution is 9.10. The van der Waals surface area contributed by atoms with Crippen molar-refractivity contribution in [3.63, 3.8) is 0 Å². The molecule has 0 bridgehead atoms. The van der Waals surface area contributed by atoms with E-state index in [0.717, 1.165) is 4.90 Å². The number of pyridine rings is 1. The van der Waals surface area contributed by atoms with Gasteiger partial charge in [0.25, 0.3) is 0 Å². The number of rotatable bonds is 1. The monoisotopic (exact) mass is 342 g/mol. The zero-order valence-corrected chi connectivity index (χ0v) is 13.2. The van der Waals surface area contributed by atoms with Gasteiger partial charge in [0.05, 0.1) is 5.56 Å². The topological polar surface area (TPSA) is 68.7 Å². The molecular formula is C13H15BrN2O4. The van der Waals surface area contributed by atoms with Crippen LogP contribution in [0.5, 0.6) is 0 Å². The molecule has 7 heteroatoms. The minimum atomic E-state index is -1.04. The number of ether oxygens (including phenoxy) is 2. The largest absolute Gasteiger partial charge is 0.443 e. The fourth-order valence-corrected chi connectivity index (χ4v) is 2.20. The Morgan fingerprint density at radius 1 is 1.45 bits per heavy atom. The summed E-state index contributed by atoms with van der Waals surface area (Å²) < 4.78 is 11.1. The molecule has 1 aliphatic heterocycles. The summed E-state index contributed by atoms with van der Waals surface area (Å²) in [6.45, 7) is 5.25. The molecular weight excluding hydrogens is 328 g/mol. The van der Waals surface area contributed by atoms with Gasteiger partial charge in [0, 0.05) is 17.8 Å². The van der Waals surface area contributed by atoms with E-state index in [4.69, 9.17) is 9.47 Å². The molecule has 0 unspecified atom stereocenters. The number of nitrogens with zero attached hydrogens (tertiary/aromatic N) is 2. The highest BCUT2D eigenvalue weighted by Gasteiger charge is 2.44. The first-order valence-corrected chi connectivity index (χ1v) is 6.78. The van der Waals surface area contributed by atoms with E-state index in [1.807, 2.05) is 0 Å². The minimum absolute atomic E-state index is 0.249. The van der Waals surface area contributed by atoms with Gasteiger partial charge < -0.3 is 9.47 Å². The Hall–Kier alpha value is -1.47.